The minimum Gasteiger partial charge on any atom is -0.504 e. The Morgan fingerprint density at radius 1 is 1.47 bits per heavy atom. The SMILES string of the molecule is COc1c(Br)cc(F)c(CCN2CCNCC2)c1O. The highest BCUT2D eigenvalue weighted by atomic mass is 79.9. The van der Waals surface area contributed by atoms with Crippen molar-refractivity contribution in [1.29, 1.82) is 0 Å². The van der Waals surface area contributed by atoms with E-state index in [2.05, 4.69) is 26.1 Å². The average Bonchev–Trinajstić information content (AvgIpc) is 2.39. The fourth-order valence-corrected chi connectivity index (χ4v) is 2.81. The minimum absolute atomic E-state index is 0.107. The monoisotopic (exact) mass is 332 g/mol. The summed E-state index contributed by atoms with van der Waals surface area (Å²) in [5.74, 6) is -0.221. The van der Waals surface area contributed by atoms with Gasteiger partial charge in [-0.05, 0) is 28.4 Å². The molecule has 2 rings (SSSR count). The molecule has 0 atom stereocenters. The lowest BCUT2D eigenvalue weighted by molar-refractivity contribution is 0.242. The van der Waals surface area contributed by atoms with Gasteiger partial charge in [0.1, 0.15) is 5.82 Å². The van der Waals surface area contributed by atoms with E-state index in [1.165, 1.54) is 13.2 Å². The summed E-state index contributed by atoms with van der Waals surface area (Å²) in [4.78, 5) is 2.25. The maximum atomic E-state index is 13.9. The van der Waals surface area contributed by atoms with Gasteiger partial charge in [-0.3, -0.25) is 0 Å². The molecule has 106 valence electrons. The first-order valence-corrected chi connectivity index (χ1v) is 7.09. The number of nitrogens with zero attached hydrogens (tertiary/aromatic N) is 1. The van der Waals surface area contributed by atoms with Gasteiger partial charge in [0.15, 0.2) is 11.5 Å². The highest BCUT2D eigenvalue weighted by molar-refractivity contribution is 9.10. The highest BCUT2D eigenvalue weighted by Crippen LogP contribution is 2.39. The van der Waals surface area contributed by atoms with Crippen molar-refractivity contribution in [2.24, 2.45) is 0 Å². The topological polar surface area (TPSA) is 44.7 Å². The molecule has 0 saturated carbocycles. The molecule has 1 heterocycles. The van der Waals surface area contributed by atoms with E-state index in [9.17, 15) is 9.50 Å². The minimum atomic E-state index is -0.402. The molecule has 0 radical (unpaired) electrons. The molecular formula is C13H18BrFN2O2. The first kappa shape index (κ1) is 14.6. The largest absolute Gasteiger partial charge is 0.504 e. The van der Waals surface area contributed by atoms with Crippen LogP contribution in [0.25, 0.3) is 0 Å². The van der Waals surface area contributed by atoms with Gasteiger partial charge in [0.2, 0.25) is 0 Å². The molecule has 1 saturated heterocycles. The first-order chi connectivity index (χ1) is 9.13. The number of phenolic OH excluding ortho intramolecular Hbond substituents is 1. The summed E-state index contributed by atoms with van der Waals surface area (Å²) in [6.07, 6.45) is 0.474. The Morgan fingerprint density at radius 2 is 2.16 bits per heavy atom. The van der Waals surface area contributed by atoms with Gasteiger partial charge in [-0.2, -0.15) is 0 Å². The molecule has 1 aliphatic rings. The van der Waals surface area contributed by atoms with Crippen LogP contribution in [0.3, 0.4) is 0 Å². The van der Waals surface area contributed by atoms with Gasteiger partial charge in [-0.1, -0.05) is 0 Å². The molecule has 0 aliphatic carbocycles. The van der Waals surface area contributed by atoms with Crippen molar-refractivity contribution < 1.29 is 14.2 Å². The smallest absolute Gasteiger partial charge is 0.175 e. The van der Waals surface area contributed by atoms with Crippen molar-refractivity contribution in [2.45, 2.75) is 6.42 Å². The maximum Gasteiger partial charge on any atom is 0.175 e. The van der Waals surface area contributed by atoms with Crippen LogP contribution < -0.4 is 10.1 Å². The van der Waals surface area contributed by atoms with Crippen LogP contribution in [0.4, 0.5) is 4.39 Å². The molecule has 0 aromatic heterocycles. The van der Waals surface area contributed by atoms with Gasteiger partial charge in [-0.25, -0.2) is 4.39 Å². The molecule has 0 unspecified atom stereocenters. The summed E-state index contributed by atoms with van der Waals surface area (Å²) in [6, 6.07) is 1.34. The Labute approximate surface area is 120 Å². The average molecular weight is 333 g/mol. The predicted octanol–water partition coefficient (Wildman–Crippen LogP) is 1.75. The molecular weight excluding hydrogens is 315 g/mol. The van der Waals surface area contributed by atoms with E-state index in [1.807, 2.05) is 0 Å². The third kappa shape index (κ3) is 3.38. The number of hydrogen-bond donors (Lipinski definition) is 2. The molecule has 1 fully saturated rings. The number of methoxy groups -OCH3 is 1. The van der Waals surface area contributed by atoms with E-state index in [0.29, 0.717) is 16.5 Å². The fraction of sp³-hybridized carbons (Fsp3) is 0.538. The van der Waals surface area contributed by atoms with E-state index >= 15 is 0 Å². The molecule has 19 heavy (non-hydrogen) atoms. The number of nitrogens with one attached hydrogen (secondary N) is 1. The van der Waals surface area contributed by atoms with Crippen molar-refractivity contribution in [2.75, 3.05) is 39.8 Å². The van der Waals surface area contributed by atoms with Gasteiger partial charge in [0.25, 0.3) is 0 Å². The predicted molar refractivity (Wildman–Crippen MR) is 75.3 cm³/mol. The molecule has 1 aromatic rings. The second-order valence-electron chi connectivity index (χ2n) is 4.54. The number of rotatable bonds is 4. The lowest BCUT2D eigenvalue weighted by atomic mass is 10.1. The molecule has 0 bridgehead atoms. The molecule has 2 N–H and O–H groups in total. The van der Waals surface area contributed by atoms with Gasteiger partial charge >= 0.3 is 0 Å². The summed E-state index contributed by atoms with van der Waals surface area (Å²) < 4.78 is 19.4. The summed E-state index contributed by atoms with van der Waals surface area (Å²) in [5.41, 5.74) is 0.318. The van der Waals surface area contributed by atoms with Crippen molar-refractivity contribution in [3.05, 3.63) is 21.9 Å². The summed E-state index contributed by atoms with van der Waals surface area (Å²) >= 11 is 3.18. The quantitative estimate of drug-likeness (QED) is 0.881. The number of phenols is 1. The van der Waals surface area contributed by atoms with Crippen molar-refractivity contribution in [1.82, 2.24) is 10.2 Å². The molecule has 0 spiro atoms. The highest BCUT2D eigenvalue weighted by Gasteiger charge is 2.18. The van der Waals surface area contributed by atoms with Gasteiger partial charge in [-0.15, -0.1) is 0 Å². The lowest BCUT2D eigenvalue weighted by Gasteiger charge is -2.27. The van der Waals surface area contributed by atoms with E-state index < -0.39 is 5.82 Å². The van der Waals surface area contributed by atoms with E-state index in [-0.39, 0.29) is 11.5 Å². The fourth-order valence-electron chi connectivity index (χ4n) is 2.26. The number of benzene rings is 1. The van der Waals surface area contributed by atoms with E-state index in [1.54, 1.807) is 0 Å². The third-order valence-electron chi connectivity index (χ3n) is 3.35. The number of halogens is 2. The van der Waals surface area contributed by atoms with Crippen molar-refractivity contribution in [3.8, 4) is 11.5 Å². The molecule has 4 nitrogen and oxygen atoms in total. The molecule has 6 heteroatoms. The van der Waals surface area contributed by atoms with Crippen molar-refractivity contribution in [3.63, 3.8) is 0 Å². The Kier molecular flexibility index (Phi) is 5.01. The number of hydrogen-bond acceptors (Lipinski definition) is 4. The van der Waals surface area contributed by atoms with Crippen molar-refractivity contribution >= 4 is 15.9 Å². The molecule has 0 amide bonds. The normalized spacial score (nSPS) is 16.6. The van der Waals surface area contributed by atoms with Crippen LogP contribution in [0.5, 0.6) is 11.5 Å². The van der Waals surface area contributed by atoms with E-state index in [0.717, 1.165) is 32.7 Å². The van der Waals surface area contributed by atoms with Crippen LogP contribution >= 0.6 is 15.9 Å². The zero-order valence-corrected chi connectivity index (χ0v) is 12.5. The molecule has 1 aromatic carbocycles. The van der Waals surface area contributed by atoms with E-state index in [4.69, 9.17) is 4.74 Å². The Morgan fingerprint density at radius 3 is 2.79 bits per heavy atom. The van der Waals surface area contributed by atoms with Gasteiger partial charge < -0.3 is 20.1 Å². The maximum absolute atomic E-state index is 13.9. The number of aromatic hydroxyl groups is 1. The lowest BCUT2D eigenvalue weighted by Crippen LogP contribution is -2.44. The summed E-state index contributed by atoms with van der Waals surface area (Å²) in [6.45, 7) is 4.55. The summed E-state index contributed by atoms with van der Waals surface area (Å²) in [7, 11) is 1.46. The zero-order chi connectivity index (χ0) is 13.8. The second kappa shape index (κ2) is 6.54. The van der Waals surface area contributed by atoms with Crippen LogP contribution in [-0.2, 0) is 6.42 Å². The van der Waals surface area contributed by atoms with Gasteiger partial charge in [0, 0.05) is 38.3 Å². The van der Waals surface area contributed by atoms with Crippen LogP contribution in [0.2, 0.25) is 0 Å². The number of ether oxygens (including phenoxy) is 1. The molecule has 1 aliphatic heterocycles. The van der Waals surface area contributed by atoms with Gasteiger partial charge in [0.05, 0.1) is 11.6 Å². The first-order valence-electron chi connectivity index (χ1n) is 6.30. The zero-order valence-electron chi connectivity index (χ0n) is 10.9. The number of piperazine rings is 1. The second-order valence-corrected chi connectivity index (χ2v) is 5.40. The Hall–Kier alpha value is -0.850. The van der Waals surface area contributed by atoms with Crippen LogP contribution in [-0.4, -0.2) is 49.8 Å². The van der Waals surface area contributed by atoms with Crippen LogP contribution in [0, 0.1) is 5.82 Å². The van der Waals surface area contributed by atoms with Crippen LogP contribution in [0.1, 0.15) is 5.56 Å². The standard InChI is InChI=1S/C13H18BrFN2O2/c1-19-13-10(14)8-11(15)9(12(13)18)2-5-17-6-3-16-4-7-17/h8,16,18H,2-7H2,1H3. The third-order valence-corrected chi connectivity index (χ3v) is 3.94. The summed E-state index contributed by atoms with van der Waals surface area (Å²) in [5, 5.41) is 13.3. The Bertz CT molecular complexity index is 451. The Balaban J connectivity index is 2.10. The van der Waals surface area contributed by atoms with Crippen LogP contribution in [0.15, 0.2) is 10.5 Å².